The van der Waals surface area contributed by atoms with Crippen molar-refractivity contribution < 1.29 is 24.1 Å². The Balaban J connectivity index is 1.79. The first-order valence-corrected chi connectivity index (χ1v) is 8.03. The fourth-order valence-electron chi connectivity index (χ4n) is 3.09. The number of rotatable bonds is 1. The number of phenolic OH excluding ortho intramolecular Hbond substituents is 1. The fourth-order valence-corrected chi connectivity index (χ4v) is 3.09. The summed E-state index contributed by atoms with van der Waals surface area (Å²) in [5.74, 6) is 0.350. The molecule has 0 atom stereocenters. The molecule has 2 aliphatic heterocycles. The van der Waals surface area contributed by atoms with E-state index in [2.05, 4.69) is 20.8 Å². The molecule has 5 nitrogen and oxygen atoms in total. The zero-order valence-corrected chi connectivity index (χ0v) is 14.3. The van der Waals surface area contributed by atoms with E-state index in [1.807, 2.05) is 19.1 Å². The van der Waals surface area contributed by atoms with Crippen LogP contribution in [0.1, 0.15) is 43.8 Å². The summed E-state index contributed by atoms with van der Waals surface area (Å²) in [6, 6.07) is 3.92. The van der Waals surface area contributed by atoms with Crippen LogP contribution in [0.2, 0.25) is 0 Å². The smallest absolute Gasteiger partial charge is 0.183 e. The summed E-state index contributed by atoms with van der Waals surface area (Å²) in [6.07, 6.45) is -0.414. The summed E-state index contributed by atoms with van der Waals surface area (Å²) >= 11 is 0. The normalized spacial score (nSPS) is 22.4. The largest absolute Gasteiger partial charge is 0.507 e. The Morgan fingerprint density at radius 2 is 1.65 bits per heavy atom. The first kappa shape index (κ1) is 16.7. The molecule has 3 rings (SSSR count). The summed E-state index contributed by atoms with van der Waals surface area (Å²) in [6.45, 7) is 10.8. The number of hydrogen-bond donors (Lipinski definition) is 1. The molecule has 2 heterocycles. The van der Waals surface area contributed by atoms with Crippen molar-refractivity contribution >= 4 is 0 Å². The summed E-state index contributed by atoms with van der Waals surface area (Å²) in [7, 11) is 0. The van der Waals surface area contributed by atoms with Crippen LogP contribution in [0, 0.1) is 12.3 Å². The van der Waals surface area contributed by atoms with E-state index in [4.69, 9.17) is 18.9 Å². The lowest BCUT2D eigenvalue weighted by Crippen LogP contribution is -2.48. The minimum absolute atomic E-state index is 0.147. The standard InChI is InChI=1S/C18H26O5/c1-12-5-13(6-14(15(12)19)17(2,3)4)16-22-9-18(10-23-16)7-20-11-21-8-18/h5-6,16,19H,7-11H2,1-4H3. The molecular formula is C18H26O5. The average Bonchev–Trinajstić information content (AvgIpc) is 2.50. The summed E-state index contributed by atoms with van der Waals surface area (Å²) in [5.41, 5.74) is 2.34. The maximum absolute atomic E-state index is 10.3. The molecule has 0 aromatic heterocycles. The number of benzene rings is 1. The molecule has 1 spiro atoms. The summed E-state index contributed by atoms with van der Waals surface area (Å²) in [4.78, 5) is 0. The zero-order chi connectivity index (χ0) is 16.7. The Labute approximate surface area is 137 Å². The molecule has 1 aromatic carbocycles. The van der Waals surface area contributed by atoms with Crippen molar-refractivity contribution in [1.29, 1.82) is 0 Å². The van der Waals surface area contributed by atoms with Crippen LogP contribution in [0.4, 0.5) is 0 Å². The summed E-state index contributed by atoms with van der Waals surface area (Å²) in [5, 5.41) is 10.3. The Kier molecular flexibility index (Phi) is 4.40. The molecule has 0 unspecified atom stereocenters. The van der Waals surface area contributed by atoms with E-state index >= 15 is 0 Å². The van der Waals surface area contributed by atoms with Crippen molar-refractivity contribution in [1.82, 2.24) is 0 Å². The Bertz CT molecular complexity index is 560. The highest BCUT2D eigenvalue weighted by Gasteiger charge is 2.40. The highest BCUT2D eigenvalue weighted by molar-refractivity contribution is 5.46. The maximum Gasteiger partial charge on any atom is 0.183 e. The molecule has 1 N–H and O–H groups in total. The quantitative estimate of drug-likeness (QED) is 0.861. The molecule has 0 bridgehead atoms. The van der Waals surface area contributed by atoms with Crippen molar-refractivity contribution in [2.24, 2.45) is 5.41 Å². The Morgan fingerprint density at radius 1 is 1.04 bits per heavy atom. The molecule has 0 amide bonds. The third kappa shape index (κ3) is 3.38. The Hall–Kier alpha value is -1.14. The van der Waals surface area contributed by atoms with E-state index in [9.17, 15) is 5.11 Å². The molecule has 0 saturated carbocycles. The second kappa shape index (κ2) is 6.06. The van der Waals surface area contributed by atoms with Crippen LogP contribution in [-0.4, -0.2) is 38.3 Å². The number of phenols is 1. The van der Waals surface area contributed by atoms with Crippen molar-refractivity contribution in [3.8, 4) is 5.75 Å². The van der Waals surface area contributed by atoms with Gasteiger partial charge >= 0.3 is 0 Å². The summed E-state index contributed by atoms with van der Waals surface area (Å²) < 4.78 is 22.7. The first-order chi connectivity index (χ1) is 10.8. The zero-order valence-electron chi connectivity index (χ0n) is 14.3. The van der Waals surface area contributed by atoms with Gasteiger partial charge in [-0.05, 0) is 35.6 Å². The van der Waals surface area contributed by atoms with Crippen molar-refractivity contribution in [3.63, 3.8) is 0 Å². The molecule has 23 heavy (non-hydrogen) atoms. The fraction of sp³-hybridized carbons (Fsp3) is 0.667. The van der Waals surface area contributed by atoms with Crippen LogP contribution >= 0.6 is 0 Å². The monoisotopic (exact) mass is 322 g/mol. The predicted molar refractivity (Wildman–Crippen MR) is 85.4 cm³/mol. The van der Waals surface area contributed by atoms with Crippen LogP contribution in [0.5, 0.6) is 5.75 Å². The highest BCUT2D eigenvalue weighted by atomic mass is 16.7. The minimum Gasteiger partial charge on any atom is -0.507 e. The number of ether oxygens (including phenoxy) is 4. The van der Waals surface area contributed by atoms with Crippen LogP contribution in [0.15, 0.2) is 12.1 Å². The van der Waals surface area contributed by atoms with E-state index in [0.717, 1.165) is 16.7 Å². The van der Waals surface area contributed by atoms with Crippen molar-refractivity contribution in [3.05, 3.63) is 28.8 Å². The van der Waals surface area contributed by atoms with E-state index in [1.165, 1.54) is 0 Å². The molecule has 128 valence electrons. The van der Waals surface area contributed by atoms with E-state index in [-0.39, 0.29) is 10.8 Å². The molecule has 5 heteroatoms. The van der Waals surface area contributed by atoms with Gasteiger partial charge in [-0.15, -0.1) is 0 Å². The van der Waals surface area contributed by atoms with Gasteiger partial charge in [0.15, 0.2) is 6.29 Å². The third-order valence-electron chi connectivity index (χ3n) is 4.47. The van der Waals surface area contributed by atoms with Gasteiger partial charge in [0, 0.05) is 5.56 Å². The highest BCUT2D eigenvalue weighted by Crippen LogP contribution is 2.39. The molecular weight excluding hydrogens is 296 g/mol. The molecule has 2 aliphatic rings. The van der Waals surface area contributed by atoms with E-state index in [1.54, 1.807) is 0 Å². The van der Waals surface area contributed by atoms with Gasteiger partial charge in [-0.3, -0.25) is 0 Å². The van der Waals surface area contributed by atoms with Gasteiger partial charge in [-0.25, -0.2) is 0 Å². The van der Waals surface area contributed by atoms with Crippen LogP contribution in [0.25, 0.3) is 0 Å². The lowest BCUT2D eigenvalue weighted by atomic mass is 9.84. The van der Waals surface area contributed by atoms with Gasteiger partial charge in [0.25, 0.3) is 0 Å². The van der Waals surface area contributed by atoms with Gasteiger partial charge in [0.1, 0.15) is 12.5 Å². The number of hydrogen-bond acceptors (Lipinski definition) is 5. The molecule has 0 aliphatic carbocycles. The van der Waals surface area contributed by atoms with Gasteiger partial charge < -0.3 is 24.1 Å². The SMILES string of the molecule is Cc1cc(C2OCC3(COCOC3)CO2)cc(C(C)(C)C)c1O. The van der Waals surface area contributed by atoms with E-state index in [0.29, 0.717) is 39.0 Å². The lowest BCUT2D eigenvalue weighted by molar-refractivity contribution is -0.282. The average molecular weight is 322 g/mol. The second-order valence-corrected chi connectivity index (χ2v) is 7.75. The molecule has 0 radical (unpaired) electrons. The third-order valence-corrected chi connectivity index (χ3v) is 4.47. The second-order valence-electron chi connectivity index (χ2n) is 7.75. The van der Waals surface area contributed by atoms with Gasteiger partial charge in [0.05, 0.1) is 31.8 Å². The van der Waals surface area contributed by atoms with Gasteiger partial charge in [-0.2, -0.15) is 0 Å². The Morgan fingerprint density at radius 3 is 2.22 bits per heavy atom. The topological polar surface area (TPSA) is 57.2 Å². The minimum atomic E-state index is -0.414. The first-order valence-electron chi connectivity index (χ1n) is 8.03. The molecule has 1 aromatic rings. The van der Waals surface area contributed by atoms with Gasteiger partial charge in [0.2, 0.25) is 0 Å². The van der Waals surface area contributed by atoms with Crippen molar-refractivity contribution in [2.75, 3.05) is 33.2 Å². The molecule has 2 saturated heterocycles. The predicted octanol–water partition coefficient (Wildman–Crippen LogP) is 3.03. The van der Waals surface area contributed by atoms with Crippen LogP contribution < -0.4 is 0 Å². The van der Waals surface area contributed by atoms with Gasteiger partial charge in [-0.1, -0.05) is 20.8 Å². The number of aryl methyl sites for hydroxylation is 1. The maximum atomic E-state index is 10.3. The number of aromatic hydroxyl groups is 1. The lowest BCUT2D eigenvalue weighted by Gasteiger charge is -2.41. The molecule has 2 fully saturated rings. The van der Waals surface area contributed by atoms with Crippen molar-refractivity contribution in [2.45, 2.75) is 39.4 Å². The van der Waals surface area contributed by atoms with Crippen LogP contribution in [0.3, 0.4) is 0 Å². The van der Waals surface area contributed by atoms with E-state index < -0.39 is 6.29 Å². The van der Waals surface area contributed by atoms with Crippen LogP contribution in [-0.2, 0) is 24.4 Å².